The van der Waals surface area contributed by atoms with Gasteiger partial charge in [0.1, 0.15) is 6.04 Å². The summed E-state index contributed by atoms with van der Waals surface area (Å²) in [7, 11) is 4.61. The minimum atomic E-state index is -0.944. The van der Waals surface area contributed by atoms with E-state index in [4.69, 9.17) is 14.2 Å². The van der Waals surface area contributed by atoms with Gasteiger partial charge in [-0.15, -0.1) is 0 Å². The van der Waals surface area contributed by atoms with Gasteiger partial charge >= 0.3 is 5.97 Å². The van der Waals surface area contributed by atoms with Crippen molar-refractivity contribution >= 4 is 5.97 Å². The maximum Gasteiger partial charge on any atom is 0.325 e. The number of carboxylic acid groups (broad SMARTS) is 1. The number of carboxylic acids is 1. The number of benzene rings is 2. The Bertz CT molecular complexity index is 687. The molecule has 2 rings (SSSR count). The van der Waals surface area contributed by atoms with Gasteiger partial charge in [-0.2, -0.15) is 0 Å². The molecule has 1 atom stereocenters. The maximum absolute atomic E-state index is 11.6. The Morgan fingerprint density at radius 2 is 1.67 bits per heavy atom. The second kappa shape index (κ2) is 8.21. The highest BCUT2D eigenvalue weighted by Gasteiger charge is 2.21. The number of carbonyl (C=O) groups is 1. The quantitative estimate of drug-likeness (QED) is 0.774. The zero-order valence-corrected chi connectivity index (χ0v) is 13.9. The van der Waals surface area contributed by atoms with E-state index in [0.29, 0.717) is 29.4 Å². The van der Waals surface area contributed by atoms with E-state index in [-0.39, 0.29) is 0 Å². The summed E-state index contributed by atoms with van der Waals surface area (Å²) in [6, 6.07) is 11.8. The van der Waals surface area contributed by atoms with Crippen molar-refractivity contribution in [3.63, 3.8) is 0 Å². The van der Waals surface area contributed by atoms with Crippen LogP contribution >= 0.6 is 0 Å². The molecule has 0 unspecified atom stereocenters. The topological polar surface area (TPSA) is 77.0 Å². The molecule has 0 bridgehead atoms. The summed E-state index contributed by atoms with van der Waals surface area (Å²) in [5.41, 5.74) is 1.46. The van der Waals surface area contributed by atoms with E-state index in [1.54, 1.807) is 25.3 Å². The van der Waals surface area contributed by atoms with Crippen molar-refractivity contribution < 1.29 is 24.1 Å². The molecule has 0 spiro atoms. The molecule has 2 aromatic carbocycles. The smallest absolute Gasteiger partial charge is 0.325 e. The lowest BCUT2D eigenvalue weighted by atomic mass is 10.1. The van der Waals surface area contributed by atoms with Gasteiger partial charge in [0.2, 0.25) is 5.75 Å². The first-order valence-electron chi connectivity index (χ1n) is 7.41. The van der Waals surface area contributed by atoms with E-state index < -0.39 is 12.0 Å². The molecule has 0 aliphatic heterocycles. The summed E-state index contributed by atoms with van der Waals surface area (Å²) in [6.07, 6.45) is 0. The van der Waals surface area contributed by atoms with Crippen molar-refractivity contribution in [3.8, 4) is 17.2 Å². The lowest BCUT2D eigenvalue weighted by Gasteiger charge is -2.18. The summed E-state index contributed by atoms with van der Waals surface area (Å²) in [5, 5.41) is 12.5. The van der Waals surface area contributed by atoms with Crippen LogP contribution in [-0.2, 0) is 11.3 Å². The fourth-order valence-electron chi connectivity index (χ4n) is 2.51. The number of aliphatic carboxylic acids is 1. The predicted octanol–water partition coefficient (Wildman–Crippen LogP) is 2.63. The molecule has 0 aliphatic carbocycles. The van der Waals surface area contributed by atoms with Crippen molar-refractivity contribution in [2.24, 2.45) is 0 Å². The van der Waals surface area contributed by atoms with Gasteiger partial charge in [0.05, 0.1) is 21.3 Å². The molecule has 0 radical (unpaired) electrons. The highest BCUT2D eigenvalue weighted by Crippen LogP contribution is 2.39. The van der Waals surface area contributed by atoms with Crippen molar-refractivity contribution in [1.29, 1.82) is 0 Å². The van der Waals surface area contributed by atoms with Crippen LogP contribution in [0.4, 0.5) is 0 Å². The van der Waals surface area contributed by atoms with Crippen LogP contribution in [0.3, 0.4) is 0 Å². The fraction of sp³-hybridized carbons (Fsp3) is 0.278. The Kier molecular flexibility index (Phi) is 6.03. The molecule has 0 amide bonds. The molecule has 0 saturated carbocycles. The lowest BCUT2D eigenvalue weighted by Crippen LogP contribution is -2.28. The average molecular weight is 331 g/mol. The first kappa shape index (κ1) is 17.6. The zero-order chi connectivity index (χ0) is 17.5. The van der Waals surface area contributed by atoms with Gasteiger partial charge < -0.3 is 19.3 Å². The molecule has 2 aromatic rings. The Morgan fingerprint density at radius 1 is 1.00 bits per heavy atom. The first-order chi connectivity index (χ1) is 11.6. The highest BCUT2D eigenvalue weighted by molar-refractivity contribution is 5.75. The third-order valence-corrected chi connectivity index (χ3v) is 3.66. The number of hydrogen-bond acceptors (Lipinski definition) is 5. The van der Waals surface area contributed by atoms with Crippen LogP contribution in [0.1, 0.15) is 17.2 Å². The summed E-state index contributed by atoms with van der Waals surface area (Å²) in [6.45, 7) is 0.301. The van der Waals surface area contributed by atoms with E-state index in [1.165, 1.54) is 14.2 Å². The molecule has 0 heterocycles. The first-order valence-corrected chi connectivity index (χ1v) is 7.41. The molecule has 0 aromatic heterocycles. The summed E-state index contributed by atoms with van der Waals surface area (Å²) in [5.74, 6) is 0.601. The normalized spacial score (nSPS) is 11.6. The second-order valence-corrected chi connectivity index (χ2v) is 5.06. The van der Waals surface area contributed by atoms with Gasteiger partial charge in [-0.25, -0.2) is 0 Å². The van der Waals surface area contributed by atoms with Gasteiger partial charge in [0, 0.05) is 12.1 Å². The van der Waals surface area contributed by atoms with E-state index >= 15 is 0 Å². The number of ether oxygens (including phenoxy) is 3. The standard InChI is InChI=1S/C18H21NO5/c1-22-14-10-9-13(16(23-2)17(14)24-3)11-19-15(18(20)21)12-7-5-4-6-8-12/h4-10,15,19H,11H2,1-3H3,(H,20,21)/t15-/m1/s1. The highest BCUT2D eigenvalue weighted by atomic mass is 16.5. The van der Waals surface area contributed by atoms with Gasteiger partial charge in [-0.1, -0.05) is 36.4 Å². The molecule has 24 heavy (non-hydrogen) atoms. The van der Waals surface area contributed by atoms with Crippen LogP contribution in [0, 0.1) is 0 Å². The van der Waals surface area contributed by atoms with Crippen LogP contribution in [-0.4, -0.2) is 32.4 Å². The van der Waals surface area contributed by atoms with Gasteiger partial charge in [-0.3, -0.25) is 10.1 Å². The molecule has 0 fully saturated rings. The molecular formula is C18H21NO5. The third-order valence-electron chi connectivity index (χ3n) is 3.66. The summed E-state index contributed by atoms with van der Waals surface area (Å²) < 4.78 is 16.0. The van der Waals surface area contributed by atoms with Crippen molar-refractivity contribution in [2.75, 3.05) is 21.3 Å². The van der Waals surface area contributed by atoms with Crippen LogP contribution in [0.2, 0.25) is 0 Å². The number of hydrogen-bond donors (Lipinski definition) is 2. The summed E-state index contributed by atoms with van der Waals surface area (Å²) >= 11 is 0. The third kappa shape index (κ3) is 3.78. The Hall–Kier alpha value is -2.73. The molecule has 2 N–H and O–H groups in total. The Morgan fingerprint density at radius 3 is 2.21 bits per heavy atom. The van der Waals surface area contributed by atoms with Crippen LogP contribution in [0.5, 0.6) is 17.2 Å². The number of methoxy groups -OCH3 is 3. The molecule has 6 nitrogen and oxygen atoms in total. The van der Waals surface area contributed by atoms with Gasteiger partial charge in [0.15, 0.2) is 11.5 Å². The monoisotopic (exact) mass is 331 g/mol. The lowest BCUT2D eigenvalue weighted by molar-refractivity contribution is -0.139. The largest absolute Gasteiger partial charge is 0.493 e. The number of rotatable bonds is 8. The Labute approximate surface area is 141 Å². The molecule has 128 valence electrons. The average Bonchev–Trinajstić information content (AvgIpc) is 2.61. The zero-order valence-electron chi connectivity index (χ0n) is 13.9. The Balaban J connectivity index is 2.25. The van der Waals surface area contributed by atoms with Gasteiger partial charge in [0.25, 0.3) is 0 Å². The minimum absolute atomic E-state index is 0.301. The second-order valence-electron chi connectivity index (χ2n) is 5.06. The van der Waals surface area contributed by atoms with E-state index in [9.17, 15) is 9.90 Å². The maximum atomic E-state index is 11.6. The molecular weight excluding hydrogens is 310 g/mol. The fourth-order valence-corrected chi connectivity index (χ4v) is 2.51. The van der Waals surface area contributed by atoms with Crippen molar-refractivity contribution in [3.05, 3.63) is 53.6 Å². The molecule has 6 heteroatoms. The molecule has 0 saturated heterocycles. The van der Waals surface area contributed by atoms with Crippen molar-refractivity contribution in [2.45, 2.75) is 12.6 Å². The summed E-state index contributed by atoms with van der Waals surface area (Å²) in [4.78, 5) is 11.6. The van der Waals surface area contributed by atoms with E-state index in [0.717, 1.165) is 5.56 Å². The predicted molar refractivity (Wildman–Crippen MR) is 89.8 cm³/mol. The molecule has 0 aliphatic rings. The number of nitrogens with one attached hydrogen (secondary N) is 1. The van der Waals surface area contributed by atoms with Crippen molar-refractivity contribution in [1.82, 2.24) is 5.32 Å². The van der Waals surface area contributed by atoms with E-state index in [1.807, 2.05) is 24.3 Å². The van der Waals surface area contributed by atoms with Crippen LogP contribution in [0.25, 0.3) is 0 Å². The van der Waals surface area contributed by atoms with E-state index in [2.05, 4.69) is 5.32 Å². The van der Waals surface area contributed by atoms with Crippen LogP contribution in [0.15, 0.2) is 42.5 Å². The SMILES string of the molecule is COc1ccc(CN[C@@H](C(=O)O)c2ccccc2)c(OC)c1OC. The van der Waals surface area contributed by atoms with Gasteiger partial charge in [-0.05, 0) is 11.6 Å². The van der Waals surface area contributed by atoms with Crippen LogP contribution < -0.4 is 19.5 Å². The minimum Gasteiger partial charge on any atom is -0.493 e.